The normalized spacial score (nSPS) is 24.8. The number of piperidine rings is 1. The van der Waals surface area contributed by atoms with Crippen LogP contribution in [0.2, 0.25) is 0 Å². The number of para-hydroxylation sites is 1. The molecule has 0 saturated carbocycles. The molecule has 2 aliphatic heterocycles. The summed E-state index contributed by atoms with van der Waals surface area (Å²) in [5, 5.41) is 9.22. The molecule has 0 spiro atoms. The van der Waals surface area contributed by atoms with Crippen molar-refractivity contribution in [3.05, 3.63) is 29.8 Å². The molecule has 0 N–H and O–H groups in total. The van der Waals surface area contributed by atoms with E-state index in [2.05, 4.69) is 28.9 Å². The average molecular weight is 269 g/mol. The first-order chi connectivity index (χ1) is 9.78. The van der Waals surface area contributed by atoms with Crippen LogP contribution in [-0.2, 0) is 0 Å². The van der Waals surface area contributed by atoms with E-state index in [4.69, 9.17) is 0 Å². The monoisotopic (exact) mass is 269 g/mol. The van der Waals surface area contributed by atoms with Crippen molar-refractivity contribution in [2.75, 3.05) is 31.1 Å². The van der Waals surface area contributed by atoms with E-state index in [0.29, 0.717) is 0 Å². The molecule has 2 aliphatic rings. The molecule has 1 aromatic rings. The van der Waals surface area contributed by atoms with Crippen molar-refractivity contribution in [3.8, 4) is 6.07 Å². The fourth-order valence-electron chi connectivity index (χ4n) is 3.62. The van der Waals surface area contributed by atoms with Gasteiger partial charge in [0.25, 0.3) is 0 Å². The van der Waals surface area contributed by atoms with Crippen molar-refractivity contribution < 1.29 is 0 Å². The lowest BCUT2D eigenvalue weighted by molar-refractivity contribution is 0.202. The van der Waals surface area contributed by atoms with E-state index in [1.807, 2.05) is 18.2 Å². The predicted octanol–water partition coefficient (Wildman–Crippen LogP) is 2.87. The van der Waals surface area contributed by atoms with Gasteiger partial charge in [-0.1, -0.05) is 19.1 Å². The fourth-order valence-corrected chi connectivity index (χ4v) is 3.62. The van der Waals surface area contributed by atoms with Crippen molar-refractivity contribution in [2.24, 2.45) is 5.92 Å². The minimum absolute atomic E-state index is 0.755. The molecule has 3 nitrogen and oxygen atoms in total. The van der Waals surface area contributed by atoms with Gasteiger partial charge in [0.15, 0.2) is 0 Å². The zero-order chi connectivity index (χ0) is 13.9. The van der Waals surface area contributed by atoms with Gasteiger partial charge in [-0.25, -0.2) is 0 Å². The van der Waals surface area contributed by atoms with Gasteiger partial charge in [0.2, 0.25) is 0 Å². The highest BCUT2D eigenvalue weighted by Gasteiger charge is 2.29. The van der Waals surface area contributed by atoms with Gasteiger partial charge in [0.1, 0.15) is 6.07 Å². The standard InChI is InChI=1S/C17H23N3/c1-14-6-9-20(13-14)16-7-10-19(11-8-16)17-5-3-2-4-15(17)12-18/h2-5,14,16H,6-11,13H2,1H3. The second-order valence-corrected chi connectivity index (χ2v) is 6.24. The maximum atomic E-state index is 9.22. The fraction of sp³-hybridized carbons (Fsp3) is 0.588. The van der Waals surface area contributed by atoms with E-state index in [0.717, 1.165) is 36.3 Å². The number of likely N-dealkylation sites (tertiary alicyclic amines) is 1. The van der Waals surface area contributed by atoms with E-state index in [1.165, 1.54) is 32.4 Å². The SMILES string of the molecule is CC1CCN(C2CCN(c3ccccc3C#N)CC2)C1. The summed E-state index contributed by atoms with van der Waals surface area (Å²) in [6.45, 7) is 7.07. The first-order valence-corrected chi connectivity index (χ1v) is 7.76. The molecule has 1 aromatic carbocycles. The van der Waals surface area contributed by atoms with Crippen molar-refractivity contribution in [1.82, 2.24) is 4.90 Å². The summed E-state index contributed by atoms with van der Waals surface area (Å²) in [6.07, 6.45) is 3.82. The van der Waals surface area contributed by atoms with Gasteiger partial charge in [-0.05, 0) is 43.9 Å². The lowest BCUT2D eigenvalue weighted by Crippen LogP contribution is -2.44. The summed E-state index contributed by atoms with van der Waals surface area (Å²) in [7, 11) is 0. The molecule has 1 unspecified atom stereocenters. The quantitative estimate of drug-likeness (QED) is 0.827. The maximum Gasteiger partial charge on any atom is 0.101 e. The molecular formula is C17H23N3. The molecule has 2 saturated heterocycles. The van der Waals surface area contributed by atoms with Crippen LogP contribution in [0.4, 0.5) is 5.69 Å². The molecule has 0 amide bonds. The van der Waals surface area contributed by atoms with Crippen LogP contribution in [-0.4, -0.2) is 37.1 Å². The van der Waals surface area contributed by atoms with Gasteiger partial charge < -0.3 is 4.90 Å². The van der Waals surface area contributed by atoms with E-state index >= 15 is 0 Å². The van der Waals surface area contributed by atoms with Crippen LogP contribution < -0.4 is 4.90 Å². The summed E-state index contributed by atoms with van der Waals surface area (Å²) < 4.78 is 0. The number of nitrogens with zero attached hydrogens (tertiary/aromatic N) is 3. The Kier molecular flexibility index (Phi) is 3.93. The van der Waals surface area contributed by atoms with Gasteiger partial charge in [0.05, 0.1) is 11.3 Å². The number of nitriles is 1. The summed E-state index contributed by atoms with van der Waals surface area (Å²) >= 11 is 0. The Hall–Kier alpha value is -1.53. The summed E-state index contributed by atoms with van der Waals surface area (Å²) in [5.74, 6) is 0.868. The van der Waals surface area contributed by atoms with Crippen LogP contribution in [0, 0.1) is 17.2 Å². The average Bonchev–Trinajstić information content (AvgIpc) is 2.94. The van der Waals surface area contributed by atoms with Crippen molar-refractivity contribution in [3.63, 3.8) is 0 Å². The largest absolute Gasteiger partial charge is 0.370 e. The first kappa shape index (κ1) is 13.5. The van der Waals surface area contributed by atoms with E-state index in [1.54, 1.807) is 0 Å². The van der Waals surface area contributed by atoms with E-state index in [9.17, 15) is 5.26 Å². The first-order valence-electron chi connectivity index (χ1n) is 7.76. The number of rotatable bonds is 2. The Morgan fingerprint density at radius 2 is 1.85 bits per heavy atom. The number of benzene rings is 1. The molecule has 0 aromatic heterocycles. The van der Waals surface area contributed by atoms with Crippen LogP contribution in [0.1, 0.15) is 31.7 Å². The minimum atomic E-state index is 0.755. The number of anilines is 1. The molecule has 2 fully saturated rings. The highest BCUT2D eigenvalue weighted by molar-refractivity contribution is 5.59. The molecule has 1 atom stereocenters. The molecular weight excluding hydrogens is 246 g/mol. The lowest BCUT2D eigenvalue weighted by atomic mass is 10.0. The summed E-state index contributed by atoms with van der Waals surface area (Å²) in [6, 6.07) is 11.0. The van der Waals surface area contributed by atoms with Gasteiger partial charge in [0, 0.05) is 25.7 Å². The van der Waals surface area contributed by atoms with Crippen molar-refractivity contribution in [2.45, 2.75) is 32.2 Å². The Morgan fingerprint density at radius 1 is 1.10 bits per heavy atom. The highest BCUT2D eigenvalue weighted by atomic mass is 15.2. The minimum Gasteiger partial charge on any atom is -0.370 e. The van der Waals surface area contributed by atoms with Gasteiger partial charge in [-0.2, -0.15) is 5.26 Å². The highest BCUT2D eigenvalue weighted by Crippen LogP contribution is 2.28. The van der Waals surface area contributed by atoms with Crippen LogP contribution in [0.3, 0.4) is 0 Å². The van der Waals surface area contributed by atoms with Crippen molar-refractivity contribution in [1.29, 1.82) is 5.26 Å². The topological polar surface area (TPSA) is 30.3 Å². The lowest BCUT2D eigenvalue weighted by Gasteiger charge is -2.38. The number of hydrogen-bond donors (Lipinski definition) is 0. The molecule has 0 bridgehead atoms. The summed E-state index contributed by atoms with van der Waals surface area (Å²) in [5.41, 5.74) is 1.92. The molecule has 3 heteroatoms. The Labute approximate surface area is 121 Å². The van der Waals surface area contributed by atoms with E-state index < -0.39 is 0 Å². The van der Waals surface area contributed by atoms with E-state index in [-0.39, 0.29) is 0 Å². The van der Waals surface area contributed by atoms with Crippen molar-refractivity contribution >= 4 is 5.69 Å². The summed E-state index contributed by atoms with van der Waals surface area (Å²) in [4.78, 5) is 5.06. The smallest absolute Gasteiger partial charge is 0.101 e. The van der Waals surface area contributed by atoms with Gasteiger partial charge >= 0.3 is 0 Å². The Morgan fingerprint density at radius 3 is 2.50 bits per heavy atom. The zero-order valence-electron chi connectivity index (χ0n) is 12.3. The Bertz CT molecular complexity index is 497. The van der Waals surface area contributed by atoms with Crippen LogP contribution in [0.5, 0.6) is 0 Å². The molecule has 3 rings (SSSR count). The molecule has 106 valence electrons. The maximum absolute atomic E-state index is 9.22. The second-order valence-electron chi connectivity index (χ2n) is 6.24. The third kappa shape index (κ3) is 2.66. The van der Waals surface area contributed by atoms with Gasteiger partial charge in [-0.15, -0.1) is 0 Å². The van der Waals surface area contributed by atoms with Crippen LogP contribution >= 0.6 is 0 Å². The third-order valence-corrected chi connectivity index (χ3v) is 4.80. The predicted molar refractivity (Wildman–Crippen MR) is 81.7 cm³/mol. The molecule has 0 aliphatic carbocycles. The third-order valence-electron chi connectivity index (χ3n) is 4.80. The molecule has 2 heterocycles. The Balaban J connectivity index is 1.63. The van der Waals surface area contributed by atoms with Crippen LogP contribution in [0.15, 0.2) is 24.3 Å². The molecule has 20 heavy (non-hydrogen) atoms. The molecule has 0 radical (unpaired) electrons. The number of hydrogen-bond acceptors (Lipinski definition) is 3. The van der Waals surface area contributed by atoms with Crippen LogP contribution in [0.25, 0.3) is 0 Å². The second kappa shape index (κ2) is 5.85. The van der Waals surface area contributed by atoms with Gasteiger partial charge in [-0.3, -0.25) is 4.90 Å². The zero-order valence-corrected chi connectivity index (χ0v) is 12.3.